The molecule has 0 bridgehead atoms. The highest BCUT2D eigenvalue weighted by Crippen LogP contribution is 2.18. The quantitative estimate of drug-likeness (QED) is 0.731. The maximum Gasteiger partial charge on any atom is 0.134 e. The molecular formula is C10H11NO. The average molecular weight is 161 g/mol. The van der Waals surface area contributed by atoms with E-state index in [0.29, 0.717) is 6.54 Å². The summed E-state index contributed by atoms with van der Waals surface area (Å²) in [6, 6.07) is 10.0. The summed E-state index contributed by atoms with van der Waals surface area (Å²) in [7, 11) is 0. The molecule has 12 heavy (non-hydrogen) atoms. The first-order valence-corrected chi connectivity index (χ1v) is 4.07. The van der Waals surface area contributed by atoms with Gasteiger partial charge in [-0.05, 0) is 18.7 Å². The van der Waals surface area contributed by atoms with Gasteiger partial charge in [0.1, 0.15) is 11.3 Å². The van der Waals surface area contributed by atoms with Gasteiger partial charge in [0.25, 0.3) is 0 Å². The van der Waals surface area contributed by atoms with Gasteiger partial charge in [0.05, 0.1) is 0 Å². The Morgan fingerprint density at radius 3 is 2.83 bits per heavy atom. The second-order valence-electron chi connectivity index (χ2n) is 2.79. The van der Waals surface area contributed by atoms with Crippen molar-refractivity contribution in [2.75, 3.05) is 6.54 Å². The van der Waals surface area contributed by atoms with E-state index in [1.54, 1.807) is 0 Å². The first-order chi connectivity index (χ1) is 5.90. The molecule has 0 aliphatic heterocycles. The molecule has 0 saturated carbocycles. The Balaban J connectivity index is 2.47. The fourth-order valence-corrected chi connectivity index (χ4v) is 1.30. The van der Waals surface area contributed by atoms with Crippen LogP contribution in [0.5, 0.6) is 0 Å². The summed E-state index contributed by atoms with van der Waals surface area (Å²) >= 11 is 0. The van der Waals surface area contributed by atoms with Gasteiger partial charge in [-0.1, -0.05) is 18.2 Å². The lowest BCUT2D eigenvalue weighted by Crippen LogP contribution is -2.01. The number of nitrogens with two attached hydrogens (primary N) is 1. The number of rotatable bonds is 2. The van der Waals surface area contributed by atoms with E-state index in [1.165, 1.54) is 0 Å². The average Bonchev–Trinajstić information content (AvgIpc) is 2.47. The first kappa shape index (κ1) is 7.37. The summed E-state index contributed by atoms with van der Waals surface area (Å²) in [5, 5.41) is 1.15. The Morgan fingerprint density at radius 1 is 1.25 bits per heavy atom. The summed E-state index contributed by atoms with van der Waals surface area (Å²) in [6.45, 7) is 0.639. The fraction of sp³-hybridized carbons (Fsp3) is 0.200. The third-order valence-corrected chi connectivity index (χ3v) is 1.87. The monoisotopic (exact) mass is 161 g/mol. The first-order valence-electron chi connectivity index (χ1n) is 4.07. The van der Waals surface area contributed by atoms with Gasteiger partial charge in [-0.25, -0.2) is 0 Å². The third kappa shape index (κ3) is 1.21. The smallest absolute Gasteiger partial charge is 0.134 e. The van der Waals surface area contributed by atoms with Gasteiger partial charge in [-0.3, -0.25) is 0 Å². The number of para-hydroxylation sites is 1. The maximum absolute atomic E-state index is 5.53. The van der Waals surface area contributed by atoms with Crippen LogP contribution in [0.25, 0.3) is 11.0 Å². The number of hydrogen-bond donors (Lipinski definition) is 1. The molecule has 62 valence electrons. The Labute approximate surface area is 71.0 Å². The van der Waals surface area contributed by atoms with Crippen LogP contribution in [-0.2, 0) is 6.42 Å². The van der Waals surface area contributed by atoms with Crippen LogP contribution in [0.15, 0.2) is 34.7 Å². The van der Waals surface area contributed by atoms with E-state index in [2.05, 4.69) is 0 Å². The van der Waals surface area contributed by atoms with Crippen molar-refractivity contribution in [3.05, 3.63) is 36.1 Å². The Kier molecular flexibility index (Phi) is 1.84. The van der Waals surface area contributed by atoms with Gasteiger partial charge in [0.15, 0.2) is 0 Å². The van der Waals surface area contributed by atoms with Crippen LogP contribution in [0.1, 0.15) is 5.76 Å². The Bertz CT molecular complexity index is 345. The van der Waals surface area contributed by atoms with Crippen LogP contribution in [0, 0.1) is 0 Å². The van der Waals surface area contributed by atoms with Crippen molar-refractivity contribution >= 4 is 11.0 Å². The molecule has 2 heteroatoms. The molecule has 1 aromatic carbocycles. The zero-order valence-corrected chi connectivity index (χ0v) is 6.79. The molecule has 2 nitrogen and oxygen atoms in total. The lowest BCUT2D eigenvalue weighted by atomic mass is 10.2. The molecule has 0 saturated heterocycles. The van der Waals surface area contributed by atoms with Gasteiger partial charge in [0, 0.05) is 11.8 Å². The van der Waals surface area contributed by atoms with Crippen molar-refractivity contribution in [1.29, 1.82) is 0 Å². The van der Waals surface area contributed by atoms with Gasteiger partial charge >= 0.3 is 0 Å². The van der Waals surface area contributed by atoms with E-state index < -0.39 is 0 Å². The largest absolute Gasteiger partial charge is 0.461 e. The minimum absolute atomic E-state index is 0.639. The van der Waals surface area contributed by atoms with Gasteiger partial charge in [-0.15, -0.1) is 0 Å². The highest BCUT2D eigenvalue weighted by molar-refractivity contribution is 5.77. The van der Waals surface area contributed by atoms with Gasteiger partial charge in [-0.2, -0.15) is 0 Å². The van der Waals surface area contributed by atoms with Crippen molar-refractivity contribution in [2.45, 2.75) is 6.42 Å². The van der Waals surface area contributed by atoms with Crippen molar-refractivity contribution in [2.24, 2.45) is 5.73 Å². The molecule has 2 N–H and O–H groups in total. The summed E-state index contributed by atoms with van der Waals surface area (Å²) in [6.07, 6.45) is 0.814. The normalized spacial score (nSPS) is 10.8. The summed E-state index contributed by atoms with van der Waals surface area (Å²) in [4.78, 5) is 0. The molecule has 0 aliphatic rings. The zero-order valence-electron chi connectivity index (χ0n) is 6.79. The second kappa shape index (κ2) is 2.99. The standard InChI is InChI=1S/C10H11NO/c11-6-5-9-7-8-3-1-2-4-10(8)12-9/h1-4,7H,5-6,11H2. The number of hydrogen-bond acceptors (Lipinski definition) is 2. The number of fused-ring (bicyclic) bond motifs is 1. The maximum atomic E-state index is 5.53. The van der Waals surface area contributed by atoms with E-state index >= 15 is 0 Å². The number of benzene rings is 1. The minimum Gasteiger partial charge on any atom is -0.461 e. The van der Waals surface area contributed by atoms with E-state index in [-0.39, 0.29) is 0 Å². The fourth-order valence-electron chi connectivity index (χ4n) is 1.30. The van der Waals surface area contributed by atoms with Gasteiger partial charge in [0.2, 0.25) is 0 Å². The van der Waals surface area contributed by atoms with Crippen LogP contribution in [0.3, 0.4) is 0 Å². The molecule has 1 heterocycles. The molecule has 0 aliphatic carbocycles. The van der Waals surface area contributed by atoms with Gasteiger partial charge < -0.3 is 10.2 Å². The van der Waals surface area contributed by atoms with Crippen LogP contribution >= 0.6 is 0 Å². The molecule has 0 radical (unpaired) electrons. The molecular weight excluding hydrogens is 150 g/mol. The Hall–Kier alpha value is -1.28. The molecule has 0 atom stereocenters. The zero-order chi connectivity index (χ0) is 8.39. The molecule has 0 unspecified atom stereocenters. The summed E-state index contributed by atoms with van der Waals surface area (Å²) < 4.78 is 5.53. The highest BCUT2D eigenvalue weighted by Gasteiger charge is 2.00. The third-order valence-electron chi connectivity index (χ3n) is 1.87. The van der Waals surface area contributed by atoms with Crippen LogP contribution in [0.4, 0.5) is 0 Å². The Morgan fingerprint density at radius 2 is 2.08 bits per heavy atom. The predicted molar refractivity (Wildman–Crippen MR) is 49.0 cm³/mol. The summed E-state index contributed by atoms with van der Waals surface area (Å²) in [5.74, 6) is 0.971. The van der Waals surface area contributed by atoms with Crippen molar-refractivity contribution < 1.29 is 4.42 Å². The van der Waals surface area contributed by atoms with E-state index in [1.807, 2.05) is 30.3 Å². The minimum atomic E-state index is 0.639. The van der Waals surface area contributed by atoms with E-state index in [0.717, 1.165) is 23.2 Å². The number of furan rings is 1. The second-order valence-corrected chi connectivity index (χ2v) is 2.79. The van der Waals surface area contributed by atoms with E-state index in [4.69, 9.17) is 10.2 Å². The molecule has 1 aromatic heterocycles. The van der Waals surface area contributed by atoms with Crippen molar-refractivity contribution in [3.8, 4) is 0 Å². The van der Waals surface area contributed by atoms with Crippen molar-refractivity contribution in [1.82, 2.24) is 0 Å². The molecule has 2 rings (SSSR count). The molecule has 0 spiro atoms. The molecule has 0 amide bonds. The van der Waals surface area contributed by atoms with Crippen LogP contribution < -0.4 is 5.73 Å². The lowest BCUT2D eigenvalue weighted by molar-refractivity contribution is 0.550. The molecule has 0 fully saturated rings. The van der Waals surface area contributed by atoms with Crippen LogP contribution in [0.2, 0.25) is 0 Å². The lowest BCUT2D eigenvalue weighted by Gasteiger charge is -1.87. The summed E-state index contributed by atoms with van der Waals surface area (Å²) in [5.41, 5.74) is 6.37. The van der Waals surface area contributed by atoms with Crippen molar-refractivity contribution in [3.63, 3.8) is 0 Å². The van der Waals surface area contributed by atoms with Crippen LogP contribution in [-0.4, -0.2) is 6.54 Å². The molecule has 2 aromatic rings. The predicted octanol–water partition coefficient (Wildman–Crippen LogP) is 1.93. The van der Waals surface area contributed by atoms with E-state index in [9.17, 15) is 0 Å². The highest BCUT2D eigenvalue weighted by atomic mass is 16.3. The SMILES string of the molecule is NCCc1cc2ccccc2o1. The topological polar surface area (TPSA) is 39.2 Å².